The normalized spacial score (nSPS) is 12.2. The van der Waals surface area contributed by atoms with E-state index in [2.05, 4.69) is 25.7 Å². The van der Waals surface area contributed by atoms with E-state index in [1.54, 1.807) is 0 Å². The zero-order chi connectivity index (χ0) is 9.40. The van der Waals surface area contributed by atoms with Gasteiger partial charge in [-0.2, -0.15) is 0 Å². The quantitative estimate of drug-likeness (QED) is 0.606. The molecule has 0 bridgehead atoms. The van der Waals surface area contributed by atoms with Crippen molar-refractivity contribution in [2.24, 2.45) is 5.92 Å². The van der Waals surface area contributed by atoms with Gasteiger partial charge < -0.3 is 5.32 Å². The predicted molar refractivity (Wildman–Crippen MR) is 51.9 cm³/mol. The highest BCUT2D eigenvalue weighted by Crippen LogP contribution is 2.05. The van der Waals surface area contributed by atoms with Gasteiger partial charge in [0.2, 0.25) is 5.91 Å². The second kappa shape index (κ2) is 6.89. The minimum Gasteiger partial charge on any atom is -0.352 e. The number of hydrogen-bond donors (Lipinski definition) is 1. The summed E-state index contributed by atoms with van der Waals surface area (Å²) in [6.45, 7) is 8.48. The number of hydrogen-bond acceptors (Lipinski definition) is 1. The highest BCUT2D eigenvalue weighted by molar-refractivity contribution is 5.86. The van der Waals surface area contributed by atoms with Crippen LogP contribution < -0.4 is 5.32 Å². The van der Waals surface area contributed by atoms with Gasteiger partial charge in [0.05, 0.1) is 0 Å². The largest absolute Gasteiger partial charge is 0.352 e. The molecule has 12 heavy (non-hydrogen) atoms. The predicted octanol–water partition coefficient (Wildman–Crippen LogP) is 2.11. The Hall–Kier alpha value is -0.790. The van der Waals surface area contributed by atoms with Crippen molar-refractivity contribution in [3.8, 4) is 0 Å². The monoisotopic (exact) mass is 169 g/mol. The van der Waals surface area contributed by atoms with E-state index in [4.69, 9.17) is 0 Å². The number of amides is 1. The number of carbonyl (C=O) groups is 1. The van der Waals surface area contributed by atoms with Crippen LogP contribution in [0.2, 0.25) is 0 Å². The van der Waals surface area contributed by atoms with Crippen molar-refractivity contribution in [1.82, 2.24) is 5.32 Å². The number of unbranched alkanes of at least 4 members (excludes halogenated alkanes) is 1. The summed E-state index contributed by atoms with van der Waals surface area (Å²) in [5.74, 6) is 0.507. The van der Waals surface area contributed by atoms with Crippen molar-refractivity contribution in [3.05, 3.63) is 12.7 Å². The van der Waals surface area contributed by atoms with E-state index in [-0.39, 0.29) is 5.91 Å². The molecule has 0 aromatic heterocycles. The van der Waals surface area contributed by atoms with Crippen LogP contribution in [0.5, 0.6) is 0 Å². The lowest BCUT2D eigenvalue weighted by Gasteiger charge is -2.10. The molecule has 0 aromatic rings. The number of rotatable bonds is 6. The molecule has 0 saturated carbocycles. The fourth-order valence-electron chi connectivity index (χ4n) is 1.00. The van der Waals surface area contributed by atoms with E-state index in [0.717, 1.165) is 6.54 Å². The van der Waals surface area contributed by atoms with E-state index >= 15 is 0 Å². The molecule has 2 nitrogen and oxygen atoms in total. The molecule has 0 saturated heterocycles. The van der Waals surface area contributed by atoms with Crippen LogP contribution >= 0.6 is 0 Å². The van der Waals surface area contributed by atoms with Crippen LogP contribution in [0.15, 0.2) is 12.7 Å². The molecule has 0 rings (SSSR count). The van der Waals surface area contributed by atoms with Crippen LogP contribution in [0.25, 0.3) is 0 Å². The molecule has 2 heteroatoms. The summed E-state index contributed by atoms with van der Waals surface area (Å²) in [7, 11) is 0. The van der Waals surface area contributed by atoms with Gasteiger partial charge in [-0.3, -0.25) is 4.79 Å². The van der Waals surface area contributed by atoms with Crippen LogP contribution in [0.1, 0.15) is 33.1 Å². The highest BCUT2D eigenvalue weighted by atomic mass is 16.1. The molecule has 1 unspecified atom stereocenters. The Balaban J connectivity index is 3.36. The maximum atomic E-state index is 10.8. The summed E-state index contributed by atoms with van der Waals surface area (Å²) >= 11 is 0. The minimum atomic E-state index is -0.0710. The van der Waals surface area contributed by atoms with E-state index in [1.807, 2.05) is 0 Å². The van der Waals surface area contributed by atoms with Crippen molar-refractivity contribution in [3.63, 3.8) is 0 Å². The van der Waals surface area contributed by atoms with Crippen molar-refractivity contribution < 1.29 is 4.79 Å². The molecule has 0 aliphatic heterocycles. The molecule has 1 amide bonds. The van der Waals surface area contributed by atoms with Gasteiger partial charge in [-0.05, 0) is 18.4 Å². The van der Waals surface area contributed by atoms with Gasteiger partial charge in [0.15, 0.2) is 0 Å². The van der Waals surface area contributed by atoms with E-state index in [9.17, 15) is 4.79 Å². The third-order valence-electron chi connectivity index (χ3n) is 1.86. The summed E-state index contributed by atoms with van der Waals surface area (Å²) in [5, 5.41) is 2.78. The maximum Gasteiger partial charge on any atom is 0.243 e. The standard InChI is InChI=1S/C10H19NO/c1-4-6-7-9(3)8-11-10(12)5-2/h5,9H,2,4,6-8H2,1,3H3,(H,11,12). The molecule has 0 fully saturated rings. The smallest absolute Gasteiger partial charge is 0.243 e. The molecule has 0 aliphatic rings. The fraction of sp³-hybridized carbons (Fsp3) is 0.700. The first-order valence-corrected chi connectivity index (χ1v) is 4.61. The molecule has 0 spiro atoms. The average molecular weight is 169 g/mol. The summed E-state index contributed by atoms with van der Waals surface area (Å²) < 4.78 is 0. The zero-order valence-corrected chi connectivity index (χ0v) is 8.10. The first-order chi connectivity index (χ1) is 5.70. The second-order valence-electron chi connectivity index (χ2n) is 3.20. The van der Waals surface area contributed by atoms with Crippen LogP contribution in [0, 0.1) is 5.92 Å². The van der Waals surface area contributed by atoms with E-state index in [1.165, 1.54) is 25.3 Å². The van der Waals surface area contributed by atoms with Gasteiger partial charge in [0.1, 0.15) is 0 Å². The zero-order valence-electron chi connectivity index (χ0n) is 8.10. The Morgan fingerprint density at radius 2 is 2.33 bits per heavy atom. The van der Waals surface area contributed by atoms with Gasteiger partial charge >= 0.3 is 0 Å². The Morgan fingerprint density at radius 3 is 2.83 bits per heavy atom. The summed E-state index contributed by atoms with van der Waals surface area (Å²) in [6.07, 6.45) is 4.96. The van der Waals surface area contributed by atoms with Crippen molar-refractivity contribution in [1.29, 1.82) is 0 Å². The lowest BCUT2D eigenvalue weighted by Crippen LogP contribution is -2.26. The molecular weight excluding hydrogens is 150 g/mol. The SMILES string of the molecule is C=CC(=O)NCC(C)CCCC. The highest BCUT2D eigenvalue weighted by Gasteiger charge is 2.01. The first-order valence-electron chi connectivity index (χ1n) is 4.61. The minimum absolute atomic E-state index is 0.0710. The van der Waals surface area contributed by atoms with Crippen molar-refractivity contribution in [2.45, 2.75) is 33.1 Å². The Kier molecular flexibility index (Phi) is 6.44. The fourth-order valence-corrected chi connectivity index (χ4v) is 1.00. The Labute approximate surface area is 75.0 Å². The topological polar surface area (TPSA) is 29.1 Å². The summed E-state index contributed by atoms with van der Waals surface area (Å²) in [5.41, 5.74) is 0. The van der Waals surface area contributed by atoms with E-state index in [0.29, 0.717) is 5.92 Å². The summed E-state index contributed by atoms with van der Waals surface area (Å²) in [4.78, 5) is 10.8. The molecule has 0 aromatic carbocycles. The van der Waals surface area contributed by atoms with Crippen LogP contribution in [0.4, 0.5) is 0 Å². The molecule has 0 heterocycles. The molecular formula is C10H19NO. The van der Waals surface area contributed by atoms with Gasteiger partial charge in [-0.25, -0.2) is 0 Å². The Bertz CT molecular complexity index is 143. The first kappa shape index (κ1) is 11.2. The summed E-state index contributed by atoms with van der Waals surface area (Å²) in [6, 6.07) is 0. The molecule has 70 valence electrons. The maximum absolute atomic E-state index is 10.8. The molecule has 1 N–H and O–H groups in total. The van der Waals surface area contributed by atoms with E-state index < -0.39 is 0 Å². The third-order valence-corrected chi connectivity index (χ3v) is 1.86. The van der Waals surface area contributed by atoms with Gasteiger partial charge in [-0.15, -0.1) is 0 Å². The third kappa shape index (κ3) is 5.96. The molecule has 0 radical (unpaired) electrons. The molecule has 1 atom stereocenters. The molecule has 0 aliphatic carbocycles. The van der Waals surface area contributed by atoms with Crippen molar-refractivity contribution in [2.75, 3.05) is 6.54 Å². The number of carbonyl (C=O) groups excluding carboxylic acids is 1. The lowest BCUT2D eigenvalue weighted by atomic mass is 10.0. The van der Waals surface area contributed by atoms with Crippen LogP contribution in [-0.4, -0.2) is 12.5 Å². The number of nitrogens with one attached hydrogen (secondary N) is 1. The Morgan fingerprint density at radius 1 is 1.67 bits per heavy atom. The van der Waals surface area contributed by atoms with Gasteiger partial charge in [0.25, 0.3) is 0 Å². The van der Waals surface area contributed by atoms with Gasteiger partial charge in [-0.1, -0.05) is 33.3 Å². The second-order valence-corrected chi connectivity index (χ2v) is 3.20. The lowest BCUT2D eigenvalue weighted by molar-refractivity contribution is -0.116. The van der Waals surface area contributed by atoms with Gasteiger partial charge in [0, 0.05) is 6.54 Å². The average Bonchev–Trinajstić information content (AvgIpc) is 2.10. The van der Waals surface area contributed by atoms with Crippen LogP contribution in [0.3, 0.4) is 0 Å². The van der Waals surface area contributed by atoms with Crippen molar-refractivity contribution >= 4 is 5.91 Å². The van der Waals surface area contributed by atoms with Crippen LogP contribution in [-0.2, 0) is 4.79 Å².